The van der Waals surface area contributed by atoms with E-state index in [0.717, 1.165) is 0 Å². The zero-order chi connectivity index (χ0) is 15.5. The minimum absolute atomic E-state index is 0.279. The Morgan fingerprint density at radius 1 is 1.27 bits per heavy atom. The van der Waals surface area contributed by atoms with Crippen molar-refractivity contribution in [1.29, 1.82) is 0 Å². The third-order valence-electron chi connectivity index (χ3n) is 3.23. The monoisotopic (exact) mass is 299 g/mol. The Kier molecular flexibility index (Phi) is 3.69. The number of nitrogens with one attached hydrogen (secondary N) is 1. The van der Waals surface area contributed by atoms with Gasteiger partial charge >= 0.3 is 0 Å². The number of aromatic nitrogens is 4. The highest BCUT2D eigenvalue weighted by Gasteiger charge is 2.11. The molecule has 0 atom stereocenters. The van der Waals surface area contributed by atoms with Crippen molar-refractivity contribution in [2.45, 2.75) is 6.54 Å². The lowest BCUT2D eigenvalue weighted by atomic mass is 10.2. The summed E-state index contributed by atoms with van der Waals surface area (Å²) in [6, 6.07) is 9.80. The zero-order valence-electron chi connectivity index (χ0n) is 11.9. The predicted molar refractivity (Wildman–Crippen MR) is 78.9 cm³/mol. The highest BCUT2D eigenvalue weighted by molar-refractivity contribution is 6.02. The second kappa shape index (κ2) is 5.80. The Morgan fingerprint density at radius 2 is 2.09 bits per heavy atom. The van der Waals surface area contributed by atoms with Crippen molar-refractivity contribution < 1.29 is 9.18 Å². The topological polar surface area (TPSA) is 64.7 Å². The molecule has 0 radical (unpaired) electrons. The maximum atomic E-state index is 13.6. The lowest BCUT2D eigenvalue weighted by Gasteiger charge is -2.04. The largest absolute Gasteiger partial charge is 0.304 e. The summed E-state index contributed by atoms with van der Waals surface area (Å²) in [5.74, 6) is -0.169. The van der Waals surface area contributed by atoms with Crippen LogP contribution in [0.4, 0.5) is 10.2 Å². The third kappa shape index (κ3) is 2.88. The van der Waals surface area contributed by atoms with E-state index in [1.165, 1.54) is 10.7 Å². The van der Waals surface area contributed by atoms with Crippen molar-refractivity contribution >= 4 is 11.7 Å². The summed E-state index contributed by atoms with van der Waals surface area (Å²) in [7, 11) is 1.69. The standard InChI is InChI=1S/C15H14FN5O/c1-20-13(6-8-17-20)15(22)18-14-7-9-21(19-14)10-11-4-2-3-5-12(11)16/h2-9H,10H2,1H3,(H,18,19,22). The van der Waals surface area contributed by atoms with E-state index in [-0.39, 0.29) is 11.7 Å². The summed E-state index contributed by atoms with van der Waals surface area (Å²) in [6.45, 7) is 0.300. The van der Waals surface area contributed by atoms with Gasteiger partial charge in [-0.15, -0.1) is 0 Å². The van der Waals surface area contributed by atoms with Gasteiger partial charge < -0.3 is 5.32 Å². The molecule has 3 aromatic rings. The van der Waals surface area contributed by atoms with Crippen LogP contribution in [0.2, 0.25) is 0 Å². The average Bonchev–Trinajstić information content (AvgIpc) is 3.10. The van der Waals surface area contributed by atoms with Gasteiger partial charge in [-0.2, -0.15) is 10.2 Å². The summed E-state index contributed by atoms with van der Waals surface area (Å²) in [4.78, 5) is 12.0. The summed E-state index contributed by atoms with van der Waals surface area (Å²) in [6.07, 6.45) is 3.23. The highest BCUT2D eigenvalue weighted by atomic mass is 19.1. The van der Waals surface area contributed by atoms with Gasteiger partial charge in [-0.3, -0.25) is 14.2 Å². The normalized spacial score (nSPS) is 10.6. The van der Waals surface area contributed by atoms with Gasteiger partial charge in [0.15, 0.2) is 5.82 Å². The fourth-order valence-corrected chi connectivity index (χ4v) is 2.09. The van der Waals surface area contributed by atoms with E-state index in [4.69, 9.17) is 0 Å². The average molecular weight is 299 g/mol. The Bertz CT molecular complexity index is 808. The molecule has 2 heterocycles. The molecular formula is C15H14FN5O. The molecule has 6 nitrogen and oxygen atoms in total. The SMILES string of the molecule is Cn1nccc1C(=O)Nc1ccn(Cc2ccccc2F)n1. The third-order valence-corrected chi connectivity index (χ3v) is 3.23. The molecule has 1 aromatic carbocycles. The number of carbonyl (C=O) groups is 1. The number of halogens is 1. The van der Waals surface area contributed by atoms with Crippen molar-refractivity contribution in [3.63, 3.8) is 0 Å². The molecule has 0 aliphatic rings. The molecule has 1 N–H and O–H groups in total. The molecule has 22 heavy (non-hydrogen) atoms. The van der Waals surface area contributed by atoms with E-state index >= 15 is 0 Å². The van der Waals surface area contributed by atoms with Gasteiger partial charge in [0.1, 0.15) is 11.5 Å². The molecule has 3 rings (SSSR count). The van der Waals surface area contributed by atoms with Gasteiger partial charge in [0.25, 0.3) is 5.91 Å². The molecule has 1 amide bonds. The predicted octanol–water partition coefficient (Wildman–Crippen LogP) is 2.06. The summed E-state index contributed by atoms with van der Waals surface area (Å²) in [5.41, 5.74) is 0.971. The lowest BCUT2D eigenvalue weighted by Crippen LogP contribution is -2.16. The second-order valence-corrected chi connectivity index (χ2v) is 4.78. The van der Waals surface area contributed by atoms with Crippen LogP contribution in [0.3, 0.4) is 0 Å². The highest BCUT2D eigenvalue weighted by Crippen LogP contribution is 2.11. The number of aryl methyl sites for hydroxylation is 1. The van der Waals surface area contributed by atoms with E-state index < -0.39 is 0 Å². The molecule has 0 spiro atoms. The number of anilines is 1. The molecule has 0 fully saturated rings. The summed E-state index contributed by atoms with van der Waals surface area (Å²) in [5, 5.41) is 10.8. The van der Waals surface area contributed by atoms with Crippen molar-refractivity contribution in [1.82, 2.24) is 19.6 Å². The number of benzene rings is 1. The Labute approximate surface area is 126 Å². The molecule has 2 aromatic heterocycles. The van der Waals surface area contributed by atoms with Crippen LogP contribution >= 0.6 is 0 Å². The molecule has 0 bridgehead atoms. The number of carbonyl (C=O) groups excluding carboxylic acids is 1. The molecule has 0 saturated heterocycles. The van der Waals surface area contributed by atoms with E-state index in [0.29, 0.717) is 23.6 Å². The van der Waals surface area contributed by atoms with Crippen LogP contribution in [0.5, 0.6) is 0 Å². The first-order valence-corrected chi connectivity index (χ1v) is 6.70. The zero-order valence-corrected chi connectivity index (χ0v) is 11.9. The minimum atomic E-state index is -0.295. The van der Waals surface area contributed by atoms with Crippen molar-refractivity contribution in [2.24, 2.45) is 7.05 Å². The fourth-order valence-electron chi connectivity index (χ4n) is 2.09. The first kappa shape index (κ1) is 14.0. The minimum Gasteiger partial charge on any atom is -0.304 e. The van der Waals surface area contributed by atoms with Crippen molar-refractivity contribution in [3.8, 4) is 0 Å². The first-order valence-electron chi connectivity index (χ1n) is 6.70. The Morgan fingerprint density at radius 3 is 2.82 bits per heavy atom. The number of hydrogen-bond donors (Lipinski definition) is 1. The van der Waals surface area contributed by atoms with Gasteiger partial charge in [-0.1, -0.05) is 18.2 Å². The van der Waals surface area contributed by atoms with E-state index in [2.05, 4.69) is 15.5 Å². The smallest absolute Gasteiger partial charge is 0.275 e. The van der Waals surface area contributed by atoms with Crippen LogP contribution in [0, 0.1) is 5.82 Å². The summed E-state index contributed by atoms with van der Waals surface area (Å²) >= 11 is 0. The van der Waals surface area contributed by atoms with Gasteiger partial charge in [0.2, 0.25) is 0 Å². The van der Waals surface area contributed by atoms with Gasteiger partial charge in [-0.25, -0.2) is 4.39 Å². The number of rotatable bonds is 4. The number of amides is 1. The second-order valence-electron chi connectivity index (χ2n) is 4.78. The number of hydrogen-bond acceptors (Lipinski definition) is 3. The van der Waals surface area contributed by atoms with Crippen LogP contribution in [-0.4, -0.2) is 25.5 Å². The molecule has 112 valence electrons. The fraction of sp³-hybridized carbons (Fsp3) is 0.133. The van der Waals surface area contributed by atoms with Crippen molar-refractivity contribution in [3.05, 3.63) is 65.9 Å². The Balaban J connectivity index is 1.70. The van der Waals surface area contributed by atoms with Crippen LogP contribution < -0.4 is 5.32 Å². The maximum absolute atomic E-state index is 13.6. The number of nitrogens with zero attached hydrogens (tertiary/aromatic N) is 4. The van der Waals surface area contributed by atoms with E-state index in [1.54, 1.807) is 54.5 Å². The molecule has 0 unspecified atom stereocenters. The van der Waals surface area contributed by atoms with Gasteiger partial charge in [0.05, 0.1) is 6.54 Å². The van der Waals surface area contributed by atoms with E-state index in [9.17, 15) is 9.18 Å². The van der Waals surface area contributed by atoms with Crippen LogP contribution in [-0.2, 0) is 13.6 Å². The van der Waals surface area contributed by atoms with Gasteiger partial charge in [0, 0.05) is 31.1 Å². The molecule has 0 aliphatic heterocycles. The molecule has 7 heteroatoms. The lowest BCUT2D eigenvalue weighted by molar-refractivity contribution is 0.101. The van der Waals surface area contributed by atoms with Crippen LogP contribution in [0.15, 0.2) is 48.8 Å². The molecule has 0 saturated carbocycles. The van der Waals surface area contributed by atoms with Crippen LogP contribution in [0.1, 0.15) is 16.1 Å². The Hall–Kier alpha value is -2.96. The van der Waals surface area contributed by atoms with Crippen LogP contribution in [0.25, 0.3) is 0 Å². The molecule has 0 aliphatic carbocycles. The maximum Gasteiger partial charge on any atom is 0.275 e. The molecular weight excluding hydrogens is 285 g/mol. The summed E-state index contributed by atoms with van der Waals surface area (Å²) < 4.78 is 16.6. The van der Waals surface area contributed by atoms with E-state index in [1.807, 2.05) is 0 Å². The quantitative estimate of drug-likeness (QED) is 0.802. The van der Waals surface area contributed by atoms with Crippen molar-refractivity contribution in [2.75, 3.05) is 5.32 Å². The first-order chi connectivity index (χ1) is 10.6. The van der Waals surface area contributed by atoms with Gasteiger partial charge in [-0.05, 0) is 12.1 Å².